The molecule has 0 aliphatic carbocycles. The van der Waals surface area contributed by atoms with E-state index < -0.39 is 0 Å². The largest absolute Gasteiger partial charge is 0.341 e. The molecule has 0 radical (unpaired) electrons. The summed E-state index contributed by atoms with van der Waals surface area (Å²) >= 11 is 13.1. The summed E-state index contributed by atoms with van der Waals surface area (Å²) in [5, 5.41) is 4.14. The fraction of sp³-hybridized carbons (Fsp3) is 0.333. The van der Waals surface area contributed by atoms with E-state index in [-0.39, 0.29) is 13.5 Å². The van der Waals surface area contributed by atoms with Gasteiger partial charge in [-0.15, -0.1) is 0 Å². The van der Waals surface area contributed by atoms with E-state index in [4.69, 9.17) is 11.6 Å². The molecule has 3 heterocycles. The number of nitrogens with one attached hydrogen (secondary N) is 2. The maximum Gasteiger partial charge on any atom is 0.205 e. The van der Waals surface area contributed by atoms with Crippen LogP contribution >= 0.6 is 57.0 Å². The third-order valence-corrected chi connectivity index (χ3v) is 5.66. The zero-order chi connectivity index (χ0) is 18.1. The van der Waals surface area contributed by atoms with Gasteiger partial charge in [-0.05, 0) is 48.7 Å². The molecule has 1 aromatic carbocycles. The number of imidazole rings is 1. The molecular weight excluding hydrogens is 514 g/mol. The standard InChI is InChI=1S/C18H18Br2ClN5.H2S/c19-12-6-11(7-13(20)8-12)9-22-14-2-1-5-26(10-14)18-23-15-3-4-16(21)24-17(15)25-18;/h3-4,6-8,14,22H,1-2,5,9-10H2,(H,23,24,25);1H2/t14-;/m0./s1. The maximum atomic E-state index is 5.96. The second-order valence-corrected chi connectivity index (χ2v) is 8.73. The van der Waals surface area contributed by atoms with Crippen LogP contribution in [0.5, 0.6) is 0 Å². The SMILES string of the molecule is Clc1ccc2[nH]c(N3CCC[C@H](NCc4cc(Br)cc(Br)c4)C3)nc2n1.S. The van der Waals surface area contributed by atoms with Crippen LogP contribution in [0, 0.1) is 0 Å². The van der Waals surface area contributed by atoms with E-state index in [9.17, 15) is 0 Å². The van der Waals surface area contributed by atoms with Crippen molar-refractivity contribution < 1.29 is 0 Å². The van der Waals surface area contributed by atoms with Gasteiger partial charge in [0.2, 0.25) is 5.95 Å². The minimum Gasteiger partial charge on any atom is -0.341 e. The first kappa shape index (κ1) is 20.9. The number of pyridine rings is 1. The van der Waals surface area contributed by atoms with Gasteiger partial charge in [0.15, 0.2) is 5.65 Å². The van der Waals surface area contributed by atoms with E-state index in [0.717, 1.165) is 52.9 Å². The lowest BCUT2D eigenvalue weighted by Gasteiger charge is -2.33. The predicted molar refractivity (Wildman–Crippen MR) is 123 cm³/mol. The first-order valence-corrected chi connectivity index (χ1v) is 10.5. The number of anilines is 1. The number of rotatable bonds is 4. The molecule has 1 fully saturated rings. The second-order valence-electron chi connectivity index (χ2n) is 6.51. The van der Waals surface area contributed by atoms with E-state index in [1.165, 1.54) is 5.56 Å². The minimum atomic E-state index is 0. The lowest BCUT2D eigenvalue weighted by Crippen LogP contribution is -2.45. The van der Waals surface area contributed by atoms with Gasteiger partial charge in [0.25, 0.3) is 0 Å². The van der Waals surface area contributed by atoms with E-state index in [0.29, 0.717) is 16.8 Å². The summed E-state index contributed by atoms with van der Waals surface area (Å²) in [5.74, 6) is 0.867. The van der Waals surface area contributed by atoms with Crippen LogP contribution in [0.1, 0.15) is 18.4 Å². The molecule has 0 amide bonds. The summed E-state index contributed by atoms with van der Waals surface area (Å²) in [4.78, 5) is 14.5. The van der Waals surface area contributed by atoms with Crippen molar-refractivity contribution in [2.45, 2.75) is 25.4 Å². The second kappa shape index (κ2) is 9.13. The Kier molecular flexibility index (Phi) is 7.08. The van der Waals surface area contributed by atoms with Crippen LogP contribution in [0.2, 0.25) is 5.15 Å². The summed E-state index contributed by atoms with van der Waals surface area (Å²) < 4.78 is 2.17. The molecule has 1 atom stereocenters. The Bertz CT molecular complexity index is 915. The van der Waals surface area contributed by atoms with Gasteiger partial charge >= 0.3 is 0 Å². The van der Waals surface area contributed by atoms with Gasteiger partial charge in [-0.25, -0.2) is 4.98 Å². The highest BCUT2D eigenvalue weighted by Crippen LogP contribution is 2.23. The number of aromatic amines is 1. The van der Waals surface area contributed by atoms with E-state index in [2.05, 4.69) is 69.2 Å². The van der Waals surface area contributed by atoms with Crippen LogP contribution in [0.4, 0.5) is 5.95 Å². The van der Waals surface area contributed by atoms with E-state index >= 15 is 0 Å². The van der Waals surface area contributed by atoms with Crippen LogP contribution in [-0.2, 0) is 6.54 Å². The molecule has 5 nitrogen and oxygen atoms in total. The van der Waals surface area contributed by atoms with Crippen molar-refractivity contribution in [2.75, 3.05) is 18.0 Å². The topological polar surface area (TPSA) is 56.8 Å². The first-order chi connectivity index (χ1) is 12.6. The Morgan fingerprint density at radius 1 is 1.19 bits per heavy atom. The van der Waals surface area contributed by atoms with Gasteiger partial charge in [-0.1, -0.05) is 43.5 Å². The van der Waals surface area contributed by atoms with Crippen molar-refractivity contribution in [1.82, 2.24) is 20.3 Å². The molecule has 1 saturated heterocycles. The molecule has 1 aliphatic rings. The number of aromatic nitrogens is 3. The number of H-pyrrole nitrogens is 1. The number of benzene rings is 1. The summed E-state index contributed by atoms with van der Waals surface area (Å²) in [6.45, 7) is 2.75. The maximum absolute atomic E-state index is 5.96. The third-order valence-electron chi connectivity index (χ3n) is 4.54. The number of halogens is 3. The lowest BCUT2D eigenvalue weighted by atomic mass is 10.1. The van der Waals surface area contributed by atoms with Crippen LogP contribution in [0.25, 0.3) is 11.2 Å². The van der Waals surface area contributed by atoms with Crippen LogP contribution in [0.15, 0.2) is 39.3 Å². The Balaban J connectivity index is 0.00000210. The molecule has 27 heavy (non-hydrogen) atoms. The number of hydrogen-bond acceptors (Lipinski definition) is 4. The molecule has 9 heteroatoms. The summed E-state index contributed by atoms with van der Waals surface area (Å²) in [7, 11) is 0. The summed E-state index contributed by atoms with van der Waals surface area (Å²) in [6, 6.07) is 10.5. The Hall–Kier alpha value is -0.800. The zero-order valence-corrected chi connectivity index (χ0v) is 19.4. The van der Waals surface area contributed by atoms with Gasteiger partial charge in [-0.3, -0.25) is 0 Å². The summed E-state index contributed by atoms with van der Waals surface area (Å²) in [6.07, 6.45) is 2.29. The molecular formula is C18H20Br2ClN5S. The van der Waals surface area contributed by atoms with E-state index in [1.54, 1.807) is 6.07 Å². The smallest absolute Gasteiger partial charge is 0.205 e. The predicted octanol–water partition coefficient (Wildman–Crippen LogP) is 5.01. The molecule has 3 aromatic rings. The fourth-order valence-corrected chi connectivity index (χ4v) is 4.85. The number of nitrogens with zero attached hydrogens (tertiary/aromatic N) is 3. The van der Waals surface area contributed by atoms with Gasteiger partial charge < -0.3 is 15.2 Å². The Morgan fingerprint density at radius 2 is 1.96 bits per heavy atom. The molecule has 2 aromatic heterocycles. The van der Waals surface area contributed by atoms with Gasteiger partial charge in [0.1, 0.15) is 5.15 Å². The van der Waals surface area contributed by atoms with Crippen LogP contribution in [0.3, 0.4) is 0 Å². The van der Waals surface area contributed by atoms with Crippen LogP contribution in [-0.4, -0.2) is 34.1 Å². The quantitative estimate of drug-likeness (QED) is 0.463. The van der Waals surface area contributed by atoms with Crippen molar-refractivity contribution in [1.29, 1.82) is 0 Å². The van der Waals surface area contributed by atoms with E-state index in [1.807, 2.05) is 12.1 Å². The number of fused-ring (bicyclic) bond motifs is 1. The molecule has 0 saturated carbocycles. The van der Waals surface area contributed by atoms with Crippen molar-refractivity contribution in [3.63, 3.8) is 0 Å². The molecule has 1 aliphatic heterocycles. The van der Waals surface area contributed by atoms with Crippen LogP contribution < -0.4 is 10.2 Å². The average Bonchev–Trinajstić information content (AvgIpc) is 3.03. The minimum absolute atomic E-state index is 0. The van der Waals surface area contributed by atoms with Crippen molar-refractivity contribution in [3.8, 4) is 0 Å². The normalized spacial score (nSPS) is 17.1. The highest BCUT2D eigenvalue weighted by molar-refractivity contribution is 9.11. The monoisotopic (exact) mass is 531 g/mol. The molecule has 0 bridgehead atoms. The number of piperidine rings is 1. The average molecular weight is 534 g/mol. The molecule has 0 unspecified atom stereocenters. The molecule has 144 valence electrons. The molecule has 0 spiro atoms. The lowest BCUT2D eigenvalue weighted by molar-refractivity contribution is 0.419. The molecule has 2 N–H and O–H groups in total. The van der Waals surface area contributed by atoms with Gasteiger partial charge in [0, 0.05) is 34.6 Å². The highest BCUT2D eigenvalue weighted by atomic mass is 79.9. The van der Waals surface area contributed by atoms with Crippen molar-refractivity contribution >= 4 is 74.1 Å². The van der Waals surface area contributed by atoms with Crippen molar-refractivity contribution in [3.05, 3.63) is 50.0 Å². The third kappa shape index (κ3) is 5.17. The van der Waals surface area contributed by atoms with Crippen molar-refractivity contribution in [2.24, 2.45) is 0 Å². The fourth-order valence-electron chi connectivity index (χ4n) is 3.32. The highest BCUT2D eigenvalue weighted by Gasteiger charge is 2.22. The Morgan fingerprint density at radius 3 is 2.74 bits per heavy atom. The van der Waals surface area contributed by atoms with Gasteiger partial charge in [0.05, 0.1) is 5.52 Å². The van der Waals surface area contributed by atoms with Gasteiger partial charge in [-0.2, -0.15) is 18.5 Å². The Labute approximate surface area is 187 Å². The first-order valence-electron chi connectivity index (χ1n) is 8.52. The zero-order valence-electron chi connectivity index (χ0n) is 14.5. The summed E-state index contributed by atoms with van der Waals surface area (Å²) in [5.41, 5.74) is 2.84. The molecule has 4 rings (SSSR count). The number of hydrogen-bond donors (Lipinski definition) is 2.